The van der Waals surface area contributed by atoms with E-state index >= 15 is 0 Å². The van der Waals surface area contributed by atoms with Gasteiger partial charge in [-0.3, -0.25) is 0 Å². The van der Waals surface area contributed by atoms with Crippen LogP contribution in [0.25, 0.3) is 0 Å². The molecule has 0 saturated carbocycles. The molecule has 0 bridgehead atoms. The van der Waals surface area contributed by atoms with E-state index in [0.717, 1.165) is 19.4 Å². The number of hydrogen-bond acceptors (Lipinski definition) is 3. The molecular weight excluding hydrogens is 156 g/mol. The summed E-state index contributed by atoms with van der Waals surface area (Å²) in [5.41, 5.74) is 10.8. The van der Waals surface area contributed by atoms with Crippen molar-refractivity contribution in [3.8, 4) is 0 Å². The van der Waals surface area contributed by atoms with Crippen molar-refractivity contribution in [2.45, 2.75) is 37.4 Å². The zero-order chi connectivity index (χ0) is 8.53. The molecule has 11 heavy (non-hydrogen) atoms. The lowest BCUT2D eigenvalue weighted by molar-refractivity contribution is 0.609. The summed E-state index contributed by atoms with van der Waals surface area (Å²) in [4.78, 5) is 0. The van der Waals surface area contributed by atoms with E-state index in [0.29, 0.717) is 11.8 Å². The molecule has 4 N–H and O–H groups in total. The van der Waals surface area contributed by atoms with Crippen molar-refractivity contribution in [1.82, 2.24) is 0 Å². The Morgan fingerprint density at radius 1 is 1.00 bits per heavy atom. The van der Waals surface area contributed by atoms with Crippen LogP contribution in [0.2, 0.25) is 0 Å². The molecule has 0 spiro atoms. The molecule has 3 heteroatoms. The lowest BCUT2D eigenvalue weighted by atomic mass is 10.1. The van der Waals surface area contributed by atoms with Crippen molar-refractivity contribution in [2.24, 2.45) is 11.5 Å². The second-order valence-corrected chi connectivity index (χ2v) is 3.61. The van der Waals surface area contributed by atoms with Gasteiger partial charge in [0.15, 0.2) is 0 Å². The summed E-state index contributed by atoms with van der Waals surface area (Å²) < 4.78 is 0. The summed E-state index contributed by atoms with van der Waals surface area (Å²) in [6.07, 6.45) is 6.06. The Labute approximate surface area is 75.1 Å². The van der Waals surface area contributed by atoms with Gasteiger partial charge in [-0.25, -0.2) is 0 Å². The van der Waals surface area contributed by atoms with E-state index in [1.54, 1.807) is 0 Å². The van der Waals surface area contributed by atoms with Crippen molar-refractivity contribution in [3.05, 3.63) is 0 Å². The van der Waals surface area contributed by atoms with E-state index in [4.69, 9.17) is 11.5 Å². The molecule has 1 unspecified atom stereocenters. The van der Waals surface area contributed by atoms with E-state index in [-0.39, 0.29) is 0 Å². The highest BCUT2D eigenvalue weighted by Crippen LogP contribution is 2.08. The Hall–Kier alpha value is 0.270. The van der Waals surface area contributed by atoms with Crippen LogP contribution < -0.4 is 11.5 Å². The highest BCUT2D eigenvalue weighted by molar-refractivity contribution is 7.81. The van der Waals surface area contributed by atoms with E-state index in [9.17, 15) is 0 Å². The first-order chi connectivity index (χ1) is 5.31. The van der Waals surface area contributed by atoms with Crippen molar-refractivity contribution < 1.29 is 0 Å². The van der Waals surface area contributed by atoms with Gasteiger partial charge in [0.2, 0.25) is 0 Å². The SMILES string of the molecule is NCCCCCCC(S)CN. The predicted molar refractivity (Wildman–Crippen MR) is 54.0 cm³/mol. The third-order valence-electron chi connectivity index (χ3n) is 1.76. The van der Waals surface area contributed by atoms with Crippen LogP contribution in [0.4, 0.5) is 0 Å². The topological polar surface area (TPSA) is 52.0 Å². The quantitative estimate of drug-likeness (QED) is 0.403. The number of unbranched alkanes of at least 4 members (excludes halogenated alkanes) is 3. The maximum atomic E-state index is 5.42. The molecule has 1 atom stereocenters. The molecule has 0 amide bonds. The summed E-state index contributed by atoms with van der Waals surface area (Å²) in [5.74, 6) is 0. The minimum atomic E-state index is 0.396. The number of nitrogens with two attached hydrogens (primary N) is 2. The Morgan fingerprint density at radius 2 is 1.64 bits per heavy atom. The molecule has 0 fully saturated rings. The Morgan fingerprint density at radius 3 is 2.18 bits per heavy atom. The normalized spacial score (nSPS) is 13.4. The van der Waals surface area contributed by atoms with Crippen molar-refractivity contribution in [1.29, 1.82) is 0 Å². The van der Waals surface area contributed by atoms with Gasteiger partial charge in [-0.05, 0) is 19.4 Å². The first-order valence-corrected chi connectivity index (χ1v) is 4.91. The fraction of sp³-hybridized carbons (Fsp3) is 1.00. The Kier molecular flexibility index (Phi) is 8.57. The molecule has 2 nitrogen and oxygen atoms in total. The van der Waals surface area contributed by atoms with Gasteiger partial charge < -0.3 is 11.5 Å². The van der Waals surface area contributed by atoms with Crippen LogP contribution in [0.15, 0.2) is 0 Å². The van der Waals surface area contributed by atoms with Gasteiger partial charge in [-0.2, -0.15) is 12.6 Å². The molecule has 0 aromatic rings. The van der Waals surface area contributed by atoms with Gasteiger partial charge in [-0.1, -0.05) is 19.3 Å². The van der Waals surface area contributed by atoms with Crippen molar-refractivity contribution >= 4 is 12.6 Å². The fourth-order valence-electron chi connectivity index (χ4n) is 0.996. The predicted octanol–water partition coefficient (Wildman–Crippen LogP) is 1.15. The second-order valence-electron chi connectivity index (χ2n) is 2.88. The first-order valence-electron chi connectivity index (χ1n) is 4.39. The van der Waals surface area contributed by atoms with Gasteiger partial charge in [-0.15, -0.1) is 0 Å². The zero-order valence-corrected chi connectivity index (χ0v) is 8.02. The lowest BCUT2D eigenvalue weighted by Gasteiger charge is -2.05. The van der Waals surface area contributed by atoms with Crippen LogP contribution in [-0.4, -0.2) is 18.3 Å². The Balaban J connectivity index is 2.89. The molecule has 0 aromatic carbocycles. The Bertz CT molecular complexity index is 78.5. The van der Waals surface area contributed by atoms with Gasteiger partial charge >= 0.3 is 0 Å². The summed E-state index contributed by atoms with van der Waals surface area (Å²) in [6, 6.07) is 0. The lowest BCUT2D eigenvalue weighted by Crippen LogP contribution is -2.13. The van der Waals surface area contributed by atoms with Crippen LogP contribution in [-0.2, 0) is 0 Å². The third-order valence-corrected chi connectivity index (χ3v) is 2.23. The van der Waals surface area contributed by atoms with E-state index in [2.05, 4.69) is 12.6 Å². The summed E-state index contributed by atoms with van der Waals surface area (Å²) in [7, 11) is 0. The molecule has 0 rings (SSSR count). The second kappa shape index (κ2) is 8.37. The van der Waals surface area contributed by atoms with Crippen LogP contribution in [0.5, 0.6) is 0 Å². The average Bonchev–Trinajstić information content (AvgIpc) is 2.04. The van der Waals surface area contributed by atoms with Gasteiger partial charge in [0, 0.05) is 11.8 Å². The summed E-state index contributed by atoms with van der Waals surface area (Å²) in [5, 5.41) is 0.396. The molecule has 68 valence electrons. The largest absolute Gasteiger partial charge is 0.330 e. The summed E-state index contributed by atoms with van der Waals surface area (Å²) in [6.45, 7) is 1.52. The molecule has 0 aliphatic heterocycles. The highest BCUT2D eigenvalue weighted by Gasteiger charge is 1.98. The van der Waals surface area contributed by atoms with Gasteiger partial charge in [0.1, 0.15) is 0 Å². The molecule has 0 aliphatic carbocycles. The zero-order valence-electron chi connectivity index (χ0n) is 7.13. The van der Waals surface area contributed by atoms with E-state index < -0.39 is 0 Å². The van der Waals surface area contributed by atoms with Gasteiger partial charge in [0.25, 0.3) is 0 Å². The molecule has 0 aliphatic rings. The number of rotatable bonds is 7. The minimum absolute atomic E-state index is 0.396. The summed E-state index contributed by atoms with van der Waals surface area (Å²) >= 11 is 4.31. The molecular formula is C8H20N2S. The minimum Gasteiger partial charge on any atom is -0.330 e. The molecule has 0 heterocycles. The smallest absolute Gasteiger partial charge is 0.0140 e. The molecule has 0 aromatic heterocycles. The highest BCUT2D eigenvalue weighted by atomic mass is 32.1. The third kappa shape index (κ3) is 8.17. The van der Waals surface area contributed by atoms with Gasteiger partial charge in [0.05, 0.1) is 0 Å². The van der Waals surface area contributed by atoms with Crippen molar-refractivity contribution in [2.75, 3.05) is 13.1 Å². The van der Waals surface area contributed by atoms with Crippen LogP contribution >= 0.6 is 12.6 Å². The van der Waals surface area contributed by atoms with Crippen LogP contribution in [0.3, 0.4) is 0 Å². The molecule has 0 saturated heterocycles. The van der Waals surface area contributed by atoms with E-state index in [1.807, 2.05) is 0 Å². The molecule has 0 radical (unpaired) electrons. The number of thiol groups is 1. The first kappa shape index (κ1) is 11.3. The van der Waals surface area contributed by atoms with E-state index in [1.165, 1.54) is 19.3 Å². The van der Waals surface area contributed by atoms with Crippen LogP contribution in [0, 0.1) is 0 Å². The van der Waals surface area contributed by atoms with Crippen LogP contribution in [0.1, 0.15) is 32.1 Å². The maximum absolute atomic E-state index is 5.42. The fourth-order valence-corrected chi connectivity index (χ4v) is 1.18. The average molecular weight is 176 g/mol. The standard InChI is InChI=1S/C8H20N2S/c9-6-4-2-1-3-5-8(11)7-10/h8,11H,1-7,9-10H2. The maximum Gasteiger partial charge on any atom is 0.0140 e. The number of hydrogen-bond donors (Lipinski definition) is 3. The monoisotopic (exact) mass is 176 g/mol. The van der Waals surface area contributed by atoms with Crippen molar-refractivity contribution in [3.63, 3.8) is 0 Å².